The number of hydrogen-bond acceptors (Lipinski definition) is 2. The molecule has 1 unspecified atom stereocenters. The second-order valence-electron chi connectivity index (χ2n) is 4.26. The van der Waals surface area contributed by atoms with Gasteiger partial charge in [0.15, 0.2) is 0 Å². The normalized spacial score (nSPS) is 31.3. The topological polar surface area (TPSA) is 23.6 Å². The van der Waals surface area contributed by atoms with Crippen LogP contribution in [0.3, 0.4) is 0 Å². The van der Waals surface area contributed by atoms with Crippen molar-refractivity contribution in [3.63, 3.8) is 0 Å². The maximum absolute atomic E-state index is 11.7. The Morgan fingerprint density at radius 1 is 1.23 bits per heavy atom. The van der Waals surface area contributed by atoms with Crippen LogP contribution in [0.1, 0.15) is 25.7 Å². The first-order valence-corrected chi connectivity index (χ1v) is 5.25. The zero-order chi connectivity index (χ0) is 9.26. The van der Waals surface area contributed by atoms with Crippen LogP contribution in [-0.4, -0.2) is 48.4 Å². The molecule has 2 heterocycles. The van der Waals surface area contributed by atoms with Crippen molar-refractivity contribution in [1.29, 1.82) is 0 Å². The van der Waals surface area contributed by atoms with Crippen LogP contribution in [-0.2, 0) is 4.79 Å². The summed E-state index contributed by atoms with van der Waals surface area (Å²) in [6.45, 7) is 2.70. The zero-order valence-corrected chi connectivity index (χ0v) is 8.33. The summed E-state index contributed by atoms with van der Waals surface area (Å²) >= 11 is 0. The van der Waals surface area contributed by atoms with Crippen molar-refractivity contribution in [1.82, 2.24) is 9.80 Å². The lowest BCUT2D eigenvalue weighted by molar-refractivity contribution is -0.134. The minimum Gasteiger partial charge on any atom is -0.339 e. The number of hydrogen-bond donors (Lipinski definition) is 0. The van der Waals surface area contributed by atoms with Crippen molar-refractivity contribution in [3.05, 3.63) is 0 Å². The third-order valence-electron chi connectivity index (χ3n) is 3.20. The standard InChI is InChI=1S/C10H18N2O/c1-11-7-5-9-4-2-3-6-12(9)10(13)8-11/h9H,2-8H2,1H3. The molecule has 3 nitrogen and oxygen atoms in total. The maximum atomic E-state index is 11.7. The molecule has 2 fully saturated rings. The largest absolute Gasteiger partial charge is 0.339 e. The monoisotopic (exact) mass is 182 g/mol. The highest BCUT2D eigenvalue weighted by Gasteiger charge is 2.29. The van der Waals surface area contributed by atoms with E-state index in [0.717, 1.165) is 13.1 Å². The van der Waals surface area contributed by atoms with E-state index in [0.29, 0.717) is 18.5 Å². The van der Waals surface area contributed by atoms with Gasteiger partial charge in [0.1, 0.15) is 0 Å². The molecule has 0 saturated carbocycles. The van der Waals surface area contributed by atoms with Crippen molar-refractivity contribution < 1.29 is 4.79 Å². The predicted molar refractivity (Wildman–Crippen MR) is 51.5 cm³/mol. The van der Waals surface area contributed by atoms with Gasteiger partial charge in [-0.25, -0.2) is 0 Å². The molecule has 0 aromatic heterocycles. The van der Waals surface area contributed by atoms with Gasteiger partial charge in [-0.05, 0) is 32.7 Å². The Morgan fingerprint density at radius 3 is 2.92 bits per heavy atom. The van der Waals surface area contributed by atoms with Gasteiger partial charge in [-0.2, -0.15) is 0 Å². The molecular weight excluding hydrogens is 164 g/mol. The lowest BCUT2D eigenvalue weighted by Crippen LogP contribution is -2.44. The van der Waals surface area contributed by atoms with Gasteiger partial charge in [-0.3, -0.25) is 9.69 Å². The molecule has 3 heteroatoms. The number of piperidine rings is 1. The Hall–Kier alpha value is -0.570. The van der Waals surface area contributed by atoms with Gasteiger partial charge in [0, 0.05) is 19.1 Å². The fourth-order valence-electron chi connectivity index (χ4n) is 2.40. The number of rotatable bonds is 0. The molecule has 13 heavy (non-hydrogen) atoms. The summed E-state index contributed by atoms with van der Waals surface area (Å²) in [7, 11) is 2.04. The Balaban J connectivity index is 2.08. The first-order chi connectivity index (χ1) is 6.27. The van der Waals surface area contributed by atoms with Crippen LogP contribution in [0.2, 0.25) is 0 Å². The molecule has 0 aliphatic carbocycles. The van der Waals surface area contributed by atoms with Crippen molar-refractivity contribution in [2.45, 2.75) is 31.7 Å². The lowest BCUT2D eigenvalue weighted by atomic mass is 10.00. The van der Waals surface area contributed by atoms with Crippen LogP contribution in [0.4, 0.5) is 0 Å². The van der Waals surface area contributed by atoms with Gasteiger partial charge in [-0.15, -0.1) is 0 Å². The quantitative estimate of drug-likeness (QED) is 0.550. The molecule has 0 N–H and O–H groups in total. The minimum absolute atomic E-state index is 0.338. The third kappa shape index (κ3) is 1.85. The van der Waals surface area contributed by atoms with Gasteiger partial charge in [0.05, 0.1) is 6.54 Å². The number of amides is 1. The van der Waals surface area contributed by atoms with E-state index in [9.17, 15) is 4.79 Å². The Labute approximate surface area is 79.7 Å². The minimum atomic E-state index is 0.338. The van der Waals surface area contributed by atoms with Gasteiger partial charge < -0.3 is 4.90 Å². The molecule has 74 valence electrons. The molecular formula is C10H18N2O. The summed E-state index contributed by atoms with van der Waals surface area (Å²) in [6, 6.07) is 0.547. The van der Waals surface area contributed by atoms with E-state index < -0.39 is 0 Å². The highest BCUT2D eigenvalue weighted by Crippen LogP contribution is 2.22. The van der Waals surface area contributed by atoms with Crippen molar-refractivity contribution in [3.8, 4) is 0 Å². The fourth-order valence-corrected chi connectivity index (χ4v) is 2.40. The van der Waals surface area contributed by atoms with E-state index in [1.807, 2.05) is 7.05 Å². The summed E-state index contributed by atoms with van der Waals surface area (Å²) in [4.78, 5) is 16.0. The van der Waals surface area contributed by atoms with Crippen molar-refractivity contribution in [2.75, 3.05) is 26.7 Å². The van der Waals surface area contributed by atoms with Crippen LogP contribution in [0.5, 0.6) is 0 Å². The summed E-state index contributed by atoms with van der Waals surface area (Å²) in [5.41, 5.74) is 0. The van der Waals surface area contributed by atoms with Crippen LogP contribution < -0.4 is 0 Å². The second kappa shape index (κ2) is 3.66. The molecule has 0 aromatic carbocycles. The molecule has 0 bridgehead atoms. The van der Waals surface area contributed by atoms with Crippen LogP contribution in [0.15, 0.2) is 0 Å². The number of likely N-dealkylation sites (N-methyl/N-ethyl adjacent to an activating group) is 1. The molecule has 0 radical (unpaired) electrons. The maximum Gasteiger partial charge on any atom is 0.236 e. The summed E-state index contributed by atoms with van der Waals surface area (Å²) in [6.07, 6.45) is 4.89. The van der Waals surface area contributed by atoms with Crippen LogP contribution in [0, 0.1) is 0 Å². The van der Waals surface area contributed by atoms with Gasteiger partial charge in [0.25, 0.3) is 0 Å². The zero-order valence-electron chi connectivity index (χ0n) is 8.33. The molecule has 2 aliphatic heterocycles. The lowest BCUT2D eigenvalue weighted by Gasteiger charge is -2.33. The second-order valence-corrected chi connectivity index (χ2v) is 4.26. The van der Waals surface area contributed by atoms with Crippen LogP contribution >= 0.6 is 0 Å². The number of nitrogens with zero attached hydrogens (tertiary/aromatic N) is 2. The molecule has 2 saturated heterocycles. The average Bonchev–Trinajstić information content (AvgIpc) is 2.27. The van der Waals surface area contributed by atoms with Crippen molar-refractivity contribution >= 4 is 5.91 Å². The molecule has 0 spiro atoms. The molecule has 1 atom stereocenters. The highest BCUT2D eigenvalue weighted by atomic mass is 16.2. The molecule has 2 rings (SSSR count). The highest BCUT2D eigenvalue weighted by molar-refractivity contribution is 5.79. The molecule has 2 aliphatic rings. The van der Waals surface area contributed by atoms with E-state index >= 15 is 0 Å². The summed E-state index contributed by atoms with van der Waals surface area (Å²) in [5, 5.41) is 0. The van der Waals surface area contributed by atoms with Crippen LogP contribution in [0.25, 0.3) is 0 Å². The van der Waals surface area contributed by atoms with E-state index in [-0.39, 0.29) is 0 Å². The summed E-state index contributed by atoms with van der Waals surface area (Å²) in [5.74, 6) is 0.338. The first-order valence-electron chi connectivity index (χ1n) is 5.25. The van der Waals surface area contributed by atoms with E-state index in [4.69, 9.17) is 0 Å². The fraction of sp³-hybridized carbons (Fsp3) is 0.900. The van der Waals surface area contributed by atoms with Gasteiger partial charge in [-0.1, -0.05) is 0 Å². The Bertz CT molecular complexity index is 205. The molecule has 0 aromatic rings. The number of carbonyl (C=O) groups is 1. The van der Waals surface area contributed by atoms with Gasteiger partial charge in [0.2, 0.25) is 5.91 Å². The van der Waals surface area contributed by atoms with E-state index in [2.05, 4.69) is 9.80 Å². The summed E-state index contributed by atoms with van der Waals surface area (Å²) < 4.78 is 0. The predicted octanol–water partition coefficient (Wildman–Crippen LogP) is 0.703. The number of carbonyl (C=O) groups excluding carboxylic acids is 1. The Morgan fingerprint density at radius 2 is 2.08 bits per heavy atom. The third-order valence-corrected chi connectivity index (χ3v) is 3.20. The average molecular weight is 182 g/mol. The molecule has 1 amide bonds. The Kier molecular flexibility index (Phi) is 2.54. The smallest absolute Gasteiger partial charge is 0.236 e. The number of fused-ring (bicyclic) bond motifs is 1. The van der Waals surface area contributed by atoms with E-state index in [1.165, 1.54) is 25.7 Å². The SMILES string of the molecule is CN1CCC2CCCCN2C(=O)C1. The van der Waals surface area contributed by atoms with E-state index in [1.54, 1.807) is 0 Å². The van der Waals surface area contributed by atoms with Crippen molar-refractivity contribution in [2.24, 2.45) is 0 Å². The first kappa shape index (κ1) is 9.00. The van der Waals surface area contributed by atoms with Gasteiger partial charge >= 0.3 is 0 Å².